The van der Waals surface area contributed by atoms with Crippen LogP contribution in [0.3, 0.4) is 0 Å². The summed E-state index contributed by atoms with van der Waals surface area (Å²) in [5, 5.41) is 12.4. The van der Waals surface area contributed by atoms with E-state index in [0.717, 1.165) is 12.8 Å². The molecule has 0 aromatic carbocycles. The quantitative estimate of drug-likeness (QED) is 0.649. The van der Waals surface area contributed by atoms with Crippen molar-refractivity contribution in [3.05, 3.63) is 11.7 Å². The Kier molecular flexibility index (Phi) is 7.06. The zero-order valence-corrected chi connectivity index (χ0v) is 11.0. The molecule has 0 atom stereocenters. The van der Waals surface area contributed by atoms with Gasteiger partial charge in [0.2, 0.25) is 5.89 Å². The van der Waals surface area contributed by atoms with Gasteiger partial charge in [-0.1, -0.05) is 37.8 Å². The Hall–Kier alpha value is -1.39. The van der Waals surface area contributed by atoms with Gasteiger partial charge >= 0.3 is 5.97 Å². The first-order valence-electron chi connectivity index (χ1n) is 6.75. The van der Waals surface area contributed by atoms with E-state index in [1.165, 1.54) is 25.7 Å². The molecule has 1 N–H and O–H groups in total. The lowest BCUT2D eigenvalue weighted by Crippen LogP contribution is -1.97. The van der Waals surface area contributed by atoms with Gasteiger partial charge in [0, 0.05) is 19.3 Å². The molecule has 0 radical (unpaired) electrons. The smallest absolute Gasteiger partial charge is 0.303 e. The Bertz CT molecular complexity index is 350. The normalized spacial score (nSPS) is 10.7. The van der Waals surface area contributed by atoms with Crippen molar-refractivity contribution in [1.29, 1.82) is 0 Å². The first-order valence-corrected chi connectivity index (χ1v) is 6.75. The third-order valence-electron chi connectivity index (χ3n) is 2.80. The SMILES string of the molecule is CCCCCCCc1nc(CCCC(=O)O)no1. The number of carboxylic acids is 1. The molecule has 0 fully saturated rings. The summed E-state index contributed by atoms with van der Waals surface area (Å²) in [4.78, 5) is 14.6. The summed E-state index contributed by atoms with van der Waals surface area (Å²) in [5.41, 5.74) is 0. The predicted octanol–water partition coefficient (Wildman–Crippen LogP) is 2.99. The third-order valence-corrected chi connectivity index (χ3v) is 2.80. The van der Waals surface area contributed by atoms with Crippen LogP contribution in [0.4, 0.5) is 0 Å². The van der Waals surface area contributed by atoms with Crippen LogP contribution in [0.25, 0.3) is 0 Å². The van der Waals surface area contributed by atoms with Crippen molar-refractivity contribution >= 4 is 5.97 Å². The molecule has 0 aliphatic heterocycles. The summed E-state index contributed by atoms with van der Waals surface area (Å²) in [7, 11) is 0. The molecule has 0 unspecified atom stereocenters. The van der Waals surface area contributed by atoms with Crippen LogP contribution in [0.2, 0.25) is 0 Å². The van der Waals surface area contributed by atoms with E-state index in [2.05, 4.69) is 17.1 Å². The highest BCUT2D eigenvalue weighted by Crippen LogP contribution is 2.08. The van der Waals surface area contributed by atoms with Gasteiger partial charge in [-0.2, -0.15) is 4.98 Å². The Balaban J connectivity index is 2.15. The van der Waals surface area contributed by atoms with E-state index >= 15 is 0 Å². The van der Waals surface area contributed by atoms with Crippen molar-refractivity contribution in [2.45, 2.75) is 64.7 Å². The van der Waals surface area contributed by atoms with Gasteiger partial charge in [0.05, 0.1) is 0 Å². The van der Waals surface area contributed by atoms with Crippen molar-refractivity contribution in [1.82, 2.24) is 10.1 Å². The lowest BCUT2D eigenvalue weighted by molar-refractivity contribution is -0.137. The van der Waals surface area contributed by atoms with Crippen LogP contribution in [-0.2, 0) is 17.6 Å². The maximum atomic E-state index is 10.4. The second-order valence-electron chi connectivity index (χ2n) is 4.52. The molecule has 1 aromatic rings. The Morgan fingerprint density at radius 1 is 1.17 bits per heavy atom. The van der Waals surface area contributed by atoms with Crippen molar-refractivity contribution < 1.29 is 14.4 Å². The number of aliphatic carboxylic acids is 1. The van der Waals surface area contributed by atoms with E-state index in [1.54, 1.807) is 0 Å². The summed E-state index contributed by atoms with van der Waals surface area (Å²) in [5.74, 6) is 0.520. The van der Waals surface area contributed by atoms with Crippen LogP contribution < -0.4 is 0 Å². The van der Waals surface area contributed by atoms with Gasteiger partial charge in [0.25, 0.3) is 0 Å². The maximum absolute atomic E-state index is 10.4. The second kappa shape index (κ2) is 8.66. The van der Waals surface area contributed by atoms with Crippen LogP contribution in [0.1, 0.15) is 63.6 Å². The number of carbonyl (C=O) groups is 1. The monoisotopic (exact) mass is 254 g/mol. The van der Waals surface area contributed by atoms with Crippen LogP contribution in [0.15, 0.2) is 4.52 Å². The third kappa shape index (κ3) is 6.37. The lowest BCUT2D eigenvalue weighted by Gasteiger charge is -1.96. The molecule has 1 rings (SSSR count). The van der Waals surface area contributed by atoms with Crippen LogP contribution in [0.5, 0.6) is 0 Å². The molecule has 0 bridgehead atoms. The average Bonchev–Trinajstić information content (AvgIpc) is 2.76. The molecule has 0 amide bonds. The highest BCUT2D eigenvalue weighted by molar-refractivity contribution is 5.66. The molecular weight excluding hydrogens is 232 g/mol. The molecule has 18 heavy (non-hydrogen) atoms. The number of aromatic nitrogens is 2. The number of unbranched alkanes of at least 4 members (excludes halogenated alkanes) is 4. The highest BCUT2D eigenvalue weighted by Gasteiger charge is 2.06. The number of hydrogen-bond donors (Lipinski definition) is 1. The van der Waals surface area contributed by atoms with Crippen molar-refractivity contribution in [3.63, 3.8) is 0 Å². The maximum Gasteiger partial charge on any atom is 0.303 e. The second-order valence-corrected chi connectivity index (χ2v) is 4.52. The minimum Gasteiger partial charge on any atom is -0.481 e. The summed E-state index contributed by atoms with van der Waals surface area (Å²) < 4.78 is 5.12. The number of aryl methyl sites for hydroxylation is 2. The van der Waals surface area contributed by atoms with E-state index in [9.17, 15) is 4.79 Å². The first kappa shape index (κ1) is 14.7. The van der Waals surface area contributed by atoms with Gasteiger partial charge in [0.1, 0.15) is 0 Å². The van der Waals surface area contributed by atoms with Crippen molar-refractivity contribution in [2.24, 2.45) is 0 Å². The van der Waals surface area contributed by atoms with Gasteiger partial charge < -0.3 is 9.63 Å². The molecule has 1 heterocycles. The Morgan fingerprint density at radius 2 is 1.94 bits per heavy atom. The van der Waals surface area contributed by atoms with E-state index in [-0.39, 0.29) is 6.42 Å². The van der Waals surface area contributed by atoms with Gasteiger partial charge in [-0.15, -0.1) is 0 Å². The van der Waals surface area contributed by atoms with Crippen LogP contribution in [0, 0.1) is 0 Å². The minimum absolute atomic E-state index is 0.154. The predicted molar refractivity (Wildman–Crippen MR) is 67.3 cm³/mol. The van der Waals surface area contributed by atoms with Crippen LogP contribution in [-0.4, -0.2) is 21.2 Å². The number of nitrogens with zero attached hydrogens (tertiary/aromatic N) is 2. The molecular formula is C13H22N2O3. The van der Waals surface area contributed by atoms with Crippen LogP contribution >= 0.6 is 0 Å². The minimum atomic E-state index is -0.783. The lowest BCUT2D eigenvalue weighted by atomic mass is 10.1. The molecule has 0 saturated carbocycles. The zero-order valence-electron chi connectivity index (χ0n) is 11.0. The zero-order chi connectivity index (χ0) is 13.2. The largest absolute Gasteiger partial charge is 0.481 e. The number of rotatable bonds is 10. The number of carboxylic acid groups (broad SMARTS) is 1. The van der Waals surface area contributed by atoms with Gasteiger partial charge in [0.15, 0.2) is 5.82 Å². The number of hydrogen-bond acceptors (Lipinski definition) is 4. The summed E-state index contributed by atoms with van der Waals surface area (Å²) in [6, 6.07) is 0. The molecule has 0 saturated heterocycles. The van der Waals surface area contributed by atoms with Gasteiger partial charge in [-0.3, -0.25) is 4.79 Å². The standard InChI is InChI=1S/C13H22N2O3/c1-2-3-4-5-6-9-12-14-11(15-18-12)8-7-10-13(16)17/h2-10H2,1H3,(H,16,17). The Labute approximate surface area is 108 Å². The van der Waals surface area contributed by atoms with E-state index in [4.69, 9.17) is 9.63 Å². The fraction of sp³-hybridized carbons (Fsp3) is 0.769. The molecule has 0 aliphatic carbocycles. The molecule has 5 heteroatoms. The van der Waals surface area contributed by atoms with Gasteiger partial charge in [-0.25, -0.2) is 0 Å². The Morgan fingerprint density at radius 3 is 2.67 bits per heavy atom. The average molecular weight is 254 g/mol. The summed E-state index contributed by atoms with van der Waals surface area (Å²) in [6.45, 7) is 2.20. The highest BCUT2D eigenvalue weighted by atomic mass is 16.5. The topological polar surface area (TPSA) is 76.2 Å². The summed E-state index contributed by atoms with van der Waals surface area (Å²) in [6.07, 6.45) is 8.18. The molecule has 0 aliphatic rings. The summed E-state index contributed by atoms with van der Waals surface area (Å²) >= 11 is 0. The van der Waals surface area contributed by atoms with Gasteiger partial charge in [-0.05, 0) is 12.8 Å². The van der Waals surface area contributed by atoms with E-state index < -0.39 is 5.97 Å². The van der Waals surface area contributed by atoms with E-state index in [1.807, 2.05) is 0 Å². The van der Waals surface area contributed by atoms with E-state index in [0.29, 0.717) is 24.6 Å². The molecule has 102 valence electrons. The fourth-order valence-corrected chi connectivity index (χ4v) is 1.77. The molecule has 1 aromatic heterocycles. The van der Waals surface area contributed by atoms with Crippen molar-refractivity contribution in [2.75, 3.05) is 0 Å². The molecule has 5 nitrogen and oxygen atoms in total. The fourth-order valence-electron chi connectivity index (χ4n) is 1.77. The molecule has 0 spiro atoms. The van der Waals surface area contributed by atoms with Crippen molar-refractivity contribution in [3.8, 4) is 0 Å². The first-order chi connectivity index (χ1) is 8.72.